The summed E-state index contributed by atoms with van der Waals surface area (Å²) in [6.45, 7) is 8.83. The van der Waals surface area contributed by atoms with Crippen molar-refractivity contribution in [1.82, 2.24) is 9.80 Å². The fraction of sp³-hybridized carbons (Fsp3) is 0.625. The Morgan fingerprint density at radius 1 is 1.19 bits per heavy atom. The number of rotatable bonds is 6. The maximum atomic E-state index is 10.3. The molecule has 1 unspecified atom stereocenters. The Kier molecular flexibility index (Phi) is 6.96. The van der Waals surface area contributed by atoms with E-state index >= 15 is 0 Å². The third-order valence-corrected chi connectivity index (χ3v) is 4.87. The lowest BCUT2D eigenvalue weighted by atomic mass is 10.1. The van der Waals surface area contributed by atoms with Gasteiger partial charge >= 0.3 is 0 Å². The van der Waals surface area contributed by atoms with E-state index < -0.39 is 6.10 Å². The smallest absolute Gasteiger partial charge is 0.0816 e. The van der Waals surface area contributed by atoms with E-state index in [4.69, 9.17) is 11.6 Å². The molecule has 0 saturated carbocycles. The topological polar surface area (TPSA) is 26.7 Å². The van der Waals surface area contributed by atoms with Crippen LogP contribution in [0.4, 0.5) is 0 Å². The fourth-order valence-electron chi connectivity index (χ4n) is 2.78. The number of piperazine rings is 1. The van der Waals surface area contributed by atoms with Crippen LogP contribution in [-0.2, 0) is 0 Å². The molecule has 5 heteroatoms. The SMILES string of the molecule is CCCN1CCN(CCC(O)c2ccc(Br)cc2Cl)CC1. The summed E-state index contributed by atoms with van der Waals surface area (Å²) in [5.74, 6) is 0. The largest absolute Gasteiger partial charge is 0.388 e. The van der Waals surface area contributed by atoms with E-state index in [1.54, 1.807) is 0 Å². The number of hydrogen-bond acceptors (Lipinski definition) is 3. The molecule has 118 valence electrons. The normalized spacial score (nSPS) is 18.9. The van der Waals surface area contributed by atoms with Crippen molar-refractivity contribution in [2.45, 2.75) is 25.9 Å². The first-order chi connectivity index (χ1) is 10.1. The third-order valence-electron chi connectivity index (χ3n) is 4.05. The molecule has 1 N–H and O–H groups in total. The third kappa shape index (κ3) is 5.22. The van der Waals surface area contributed by atoms with Crippen LogP contribution in [0.5, 0.6) is 0 Å². The molecule has 0 bridgehead atoms. The van der Waals surface area contributed by atoms with Gasteiger partial charge in [0.1, 0.15) is 0 Å². The molecule has 0 aromatic heterocycles. The van der Waals surface area contributed by atoms with Crippen molar-refractivity contribution in [3.05, 3.63) is 33.3 Å². The minimum absolute atomic E-state index is 0.487. The quantitative estimate of drug-likeness (QED) is 0.823. The zero-order valence-electron chi connectivity index (χ0n) is 12.6. The van der Waals surface area contributed by atoms with Crippen molar-refractivity contribution in [2.75, 3.05) is 39.3 Å². The van der Waals surface area contributed by atoms with Crippen LogP contribution in [-0.4, -0.2) is 54.2 Å². The van der Waals surface area contributed by atoms with E-state index in [2.05, 4.69) is 32.7 Å². The second kappa shape index (κ2) is 8.49. The molecule has 3 nitrogen and oxygen atoms in total. The number of aliphatic hydroxyl groups excluding tert-OH is 1. The van der Waals surface area contributed by atoms with Gasteiger partial charge < -0.3 is 14.9 Å². The van der Waals surface area contributed by atoms with E-state index in [0.29, 0.717) is 5.02 Å². The first-order valence-electron chi connectivity index (χ1n) is 7.68. The maximum absolute atomic E-state index is 10.3. The molecule has 1 fully saturated rings. The minimum Gasteiger partial charge on any atom is -0.388 e. The molecule has 0 spiro atoms. The van der Waals surface area contributed by atoms with Crippen LogP contribution in [0.3, 0.4) is 0 Å². The predicted molar refractivity (Wildman–Crippen MR) is 91.9 cm³/mol. The molecule has 1 aromatic carbocycles. The number of halogens is 2. The van der Waals surface area contributed by atoms with Crippen molar-refractivity contribution in [3.63, 3.8) is 0 Å². The van der Waals surface area contributed by atoms with Gasteiger partial charge in [-0.1, -0.05) is 40.5 Å². The number of hydrogen-bond donors (Lipinski definition) is 1. The standard InChI is InChI=1S/C16H24BrClN2O/c1-2-6-19-8-10-20(11-9-19)7-5-16(21)14-4-3-13(17)12-15(14)18/h3-4,12,16,21H,2,5-11H2,1H3. The van der Waals surface area contributed by atoms with Gasteiger partial charge in [-0.25, -0.2) is 0 Å². The molecule has 0 amide bonds. The number of benzene rings is 1. The van der Waals surface area contributed by atoms with Crippen molar-refractivity contribution in [1.29, 1.82) is 0 Å². The van der Waals surface area contributed by atoms with E-state index in [-0.39, 0.29) is 0 Å². The summed E-state index contributed by atoms with van der Waals surface area (Å²) in [5.41, 5.74) is 0.824. The van der Waals surface area contributed by atoms with Crippen molar-refractivity contribution >= 4 is 27.5 Å². The van der Waals surface area contributed by atoms with Gasteiger partial charge in [-0.3, -0.25) is 0 Å². The number of aliphatic hydroxyl groups is 1. The molecule has 2 rings (SSSR count). The summed E-state index contributed by atoms with van der Waals surface area (Å²) in [6.07, 6.45) is 1.47. The van der Waals surface area contributed by atoms with Crippen molar-refractivity contribution in [3.8, 4) is 0 Å². The molecule has 0 radical (unpaired) electrons. The summed E-state index contributed by atoms with van der Waals surface area (Å²) >= 11 is 9.58. The second-order valence-electron chi connectivity index (χ2n) is 5.65. The Balaban J connectivity index is 1.78. The minimum atomic E-state index is -0.487. The van der Waals surface area contributed by atoms with E-state index in [9.17, 15) is 5.11 Å². The lowest BCUT2D eigenvalue weighted by Crippen LogP contribution is -2.46. The van der Waals surface area contributed by atoms with Crippen LogP contribution in [0.25, 0.3) is 0 Å². The zero-order valence-corrected chi connectivity index (χ0v) is 14.9. The van der Waals surface area contributed by atoms with Gasteiger partial charge in [-0.05, 0) is 37.1 Å². The summed E-state index contributed by atoms with van der Waals surface area (Å²) in [6, 6.07) is 5.66. The van der Waals surface area contributed by atoms with Crippen LogP contribution in [0.2, 0.25) is 5.02 Å². The molecule has 1 saturated heterocycles. The first-order valence-corrected chi connectivity index (χ1v) is 8.85. The zero-order chi connectivity index (χ0) is 15.2. The monoisotopic (exact) mass is 374 g/mol. The Morgan fingerprint density at radius 3 is 2.38 bits per heavy atom. The summed E-state index contributed by atoms with van der Waals surface area (Å²) in [7, 11) is 0. The van der Waals surface area contributed by atoms with Crippen LogP contribution in [0.1, 0.15) is 31.4 Å². The van der Waals surface area contributed by atoms with Crippen molar-refractivity contribution in [2.24, 2.45) is 0 Å². The molecule has 1 aliphatic heterocycles. The molecule has 21 heavy (non-hydrogen) atoms. The highest BCUT2D eigenvalue weighted by Gasteiger charge is 2.18. The molecule has 1 aliphatic rings. The predicted octanol–water partition coefficient (Wildman–Crippen LogP) is 3.55. The van der Waals surface area contributed by atoms with Crippen molar-refractivity contribution < 1.29 is 5.11 Å². The molecule has 0 aliphatic carbocycles. The Hall–Kier alpha value is -0.130. The van der Waals surface area contributed by atoms with Gasteiger partial charge in [-0.2, -0.15) is 0 Å². The van der Waals surface area contributed by atoms with Crippen LogP contribution >= 0.6 is 27.5 Å². The highest BCUT2D eigenvalue weighted by Crippen LogP contribution is 2.28. The van der Waals surface area contributed by atoms with E-state index in [1.165, 1.54) is 13.0 Å². The molecule has 1 aromatic rings. The van der Waals surface area contributed by atoms with Crippen LogP contribution in [0, 0.1) is 0 Å². The fourth-order valence-corrected chi connectivity index (χ4v) is 3.58. The summed E-state index contributed by atoms with van der Waals surface area (Å²) in [4.78, 5) is 4.95. The Morgan fingerprint density at radius 2 is 1.81 bits per heavy atom. The lowest BCUT2D eigenvalue weighted by molar-refractivity contribution is 0.103. The number of nitrogens with zero attached hydrogens (tertiary/aromatic N) is 2. The average Bonchev–Trinajstić information content (AvgIpc) is 2.46. The Bertz CT molecular complexity index is 450. The maximum Gasteiger partial charge on any atom is 0.0816 e. The lowest BCUT2D eigenvalue weighted by Gasteiger charge is -2.34. The van der Waals surface area contributed by atoms with Gasteiger partial charge in [0.25, 0.3) is 0 Å². The molecule has 1 heterocycles. The summed E-state index contributed by atoms with van der Waals surface area (Å²) < 4.78 is 0.940. The van der Waals surface area contributed by atoms with E-state index in [1.807, 2.05) is 18.2 Å². The van der Waals surface area contributed by atoms with Crippen LogP contribution in [0.15, 0.2) is 22.7 Å². The van der Waals surface area contributed by atoms with Gasteiger partial charge in [-0.15, -0.1) is 0 Å². The van der Waals surface area contributed by atoms with Gasteiger partial charge in [0, 0.05) is 42.2 Å². The molecular formula is C16H24BrClN2O. The van der Waals surface area contributed by atoms with E-state index in [0.717, 1.165) is 49.2 Å². The first kappa shape index (κ1) is 17.2. The van der Waals surface area contributed by atoms with Gasteiger partial charge in [0.05, 0.1) is 6.10 Å². The second-order valence-corrected chi connectivity index (χ2v) is 6.98. The molecular weight excluding hydrogens is 352 g/mol. The molecule has 1 atom stereocenters. The highest BCUT2D eigenvalue weighted by molar-refractivity contribution is 9.10. The van der Waals surface area contributed by atoms with Crippen LogP contribution < -0.4 is 0 Å². The summed E-state index contributed by atoms with van der Waals surface area (Å²) in [5, 5.41) is 11.0. The highest BCUT2D eigenvalue weighted by atomic mass is 79.9. The Labute approximate surface area is 141 Å². The van der Waals surface area contributed by atoms with Gasteiger partial charge in [0.15, 0.2) is 0 Å². The average molecular weight is 376 g/mol. The van der Waals surface area contributed by atoms with Gasteiger partial charge in [0.2, 0.25) is 0 Å².